The van der Waals surface area contributed by atoms with Crippen molar-refractivity contribution in [3.63, 3.8) is 0 Å². The van der Waals surface area contributed by atoms with Gasteiger partial charge >= 0.3 is 0 Å². The monoisotopic (exact) mass is 230 g/mol. The largest absolute Gasteiger partial charge is 0.394 e. The van der Waals surface area contributed by atoms with Crippen LogP contribution in [0.15, 0.2) is 4.99 Å². The average Bonchev–Trinajstić information content (AvgIpc) is 1.61. The van der Waals surface area contributed by atoms with Gasteiger partial charge in [-0.25, -0.2) is 0 Å². The molecule has 0 bridgehead atoms. The molecule has 0 aromatic heterocycles. The molecule has 0 aromatic rings. The van der Waals surface area contributed by atoms with Crippen LogP contribution in [0.1, 0.15) is 6.92 Å². The molecule has 0 heterocycles. The number of nitrogens with zero attached hydrogens (tertiary/aromatic N) is 1. The fourth-order valence-corrected chi connectivity index (χ4v) is 0.226. The van der Waals surface area contributed by atoms with E-state index < -0.39 is 0 Å². The predicted molar refractivity (Wildman–Crippen MR) is 44.7 cm³/mol. The lowest BCUT2D eigenvalue weighted by Crippen LogP contribution is -2.06. The summed E-state index contributed by atoms with van der Waals surface area (Å²) in [6.07, 6.45) is 0. The van der Waals surface area contributed by atoms with Gasteiger partial charge < -0.3 is 10.8 Å². The van der Waals surface area contributed by atoms with Crippen molar-refractivity contribution >= 4 is 29.8 Å². The van der Waals surface area contributed by atoms with Crippen molar-refractivity contribution < 1.29 is 5.11 Å². The third kappa shape index (κ3) is 9.48. The molecule has 0 saturated heterocycles. The van der Waals surface area contributed by atoms with Gasteiger partial charge in [0.05, 0.1) is 19.0 Å². The van der Waals surface area contributed by atoms with E-state index in [-0.39, 0.29) is 30.6 Å². The third-order valence-electron chi connectivity index (χ3n) is 0.461. The van der Waals surface area contributed by atoms with Crippen LogP contribution in [0.5, 0.6) is 0 Å². The summed E-state index contributed by atoms with van der Waals surface area (Å²) in [5.41, 5.74) is 5.12. The van der Waals surface area contributed by atoms with Gasteiger partial charge in [-0.3, -0.25) is 4.99 Å². The Hall–Kier alpha value is 0.160. The zero-order valence-electron chi connectivity index (χ0n) is 4.79. The van der Waals surface area contributed by atoms with Gasteiger partial charge in [0, 0.05) is 0 Å². The fraction of sp³-hybridized carbons (Fsp3) is 0.750. The van der Waals surface area contributed by atoms with E-state index in [9.17, 15) is 0 Å². The minimum atomic E-state index is 0. The molecule has 0 atom stereocenters. The maximum Gasteiger partial charge on any atom is 0.0906 e. The van der Waals surface area contributed by atoms with Gasteiger partial charge in [-0.2, -0.15) is 0 Å². The highest BCUT2D eigenvalue weighted by atomic mass is 127. The molecule has 0 spiro atoms. The summed E-state index contributed by atoms with van der Waals surface area (Å²) in [6.45, 7) is 2.19. The van der Waals surface area contributed by atoms with E-state index in [1.54, 1.807) is 6.92 Å². The van der Waals surface area contributed by atoms with Crippen molar-refractivity contribution in [3.8, 4) is 0 Å². The Morgan fingerprint density at radius 3 is 2.38 bits per heavy atom. The third-order valence-corrected chi connectivity index (χ3v) is 0.461. The molecule has 0 aliphatic rings. The first-order valence-corrected chi connectivity index (χ1v) is 2.14. The highest BCUT2D eigenvalue weighted by Gasteiger charge is 1.74. The van der Waals surface area contributed by atoms with Crippen molar-refractivity contribution in [2.75, 3.05) is 13.2 Å². The maximum absolute atomic E-state index is 8.15. The maximum atomic E-state index is 8.15. The Morgan fingerprint density at radius 2 is 2.25 bits per heavy atom. The van der Waals surface area contributed by atoms with Crippen LogP contribution in [0.25, 0.3) is 0 Å². The summed E-state index contributed by atoms with van der Waals surface area (Å²) in [6, 6.07) is 0. The summed E-state index contributed by atoms with van der Waals surface area (Å²) in [7, 11) is 0. The molecule has 0 unspecified atom stereocenters. The topological polar surface area (TPSA) is 58.6 Å². The molecular formula is C4H11IN2O. The molecule has 0 amide bonds. The number of aliphatic hydroxyl groups is 1. The van der Waals surface area contributed by atoms with E-state index in [1.165, 1.54) is 0 Å². The zero-order valence-corrected chi connectivity index (χ0v) is 7.12. The smallest absolute Gasteiger partial charge is 0.0906 e. The van der Waals surface area contributed by atoms with Gasteiger partial charge in [0.1, 0.15) is 0 Å². The van der Waals surface area contributed by atoms with Crippen molar-refractivity contribution in [1.82, 2.24) is 0 Å². The quantitative estimate of drug-likeness (QED) is 0.397. The highest BCUT2D eigenvalue weighted by molar-refractivity contribution is 14.0. The molecule has 3 nitrogen and oxygen atoms in total. The van der Waals surface area contributed by atoms with Gasteiger partial charge in [-0.1, -0.05) is 0 Å². The molecule has 0 saturated carbocycles. The highest BCUT2D eigenvalue weighted by Crippen LogP contribution is 1.65. The molecule has 3 N–H and O–H groups in total. The summed E-state index contributed by atoms with van der Waals surface area (Å²) in [5.74, 6) is 0.522. The van der Waals surface area contributed by atoms with Gasteiger partial charge in [-0.05, 0) is 6.92 Å². The average molecular weight is 230 g/mol. The van der Waals surface area contributed by atoms with Crippen LogP contribution in [-0.2, 0) is 0 Å². The van der Waals surface area contributed by atoms with Crippen molar-refractivity contribution in [3.05, 3.63) is 0 Å². The Kier molecular flexibility index (Phi) is 9.87. The van der Waals surface area contributed by atoms with Crippen LogP contribution in [0.2, 0.25) is 0 Å². The van der Waals surface area contributed by atoms with Crippen LogP contribution >= 0.6 is 24.0 Å². The molecule has 0 radical (unpaired) electrons. The first-order valence-electron chi connectivity index (χ1n) is 2.14. The van der Waals surface area contributed by atoms with E-state index in [2.05, 4.69) is 4.99 Å². The lowest BCUT2D eigenvalue weighted by atomic mass is 10.6. The summed E-state index contributed by atoms with van der Waals surface area (Å²) >= 11 is 0. The lowest BCUT2D eigenvalue weighted by molar-refractivity contribution is 0.307. The van der Waals surface area contributed by atoms with Crippen LogP contribution in [0, 0.1) is 0 Å². The van der Waals surface area contributed by atoms with E-state index >= 15 is 0 Å². The zero-order chi connectivity index (χ0) is 5.70. The van der Waals surface area contributed by atoms with E-state index in [4.69, 9.17) is 10.8 Å². The Morgan fingerprint density at radius 1 is 1.75 bits per heavy atom. The van der Waals surface area contributed by atoms with Crippen LogP contribution < -0.4 is 5.73 Å². The van der Waals surface area contributed by atoms with Crippen LogP contribution in [0.4, 0.5) is 0 Å². The second kappa shape index (κ2) is 7.16. The second-order valence-corrected chi connectivity index (χ2v) is 1.25. The molecule has 50 valence electrons. The van der Waals surface area contributed by atoms with Crippen LogP contribution in [0.3, 0.4) is 0 Å². The second-order valence-electron chi connectivity index (χ2n) is 1.25. The molecule has 4 heteroatoms. The molecule has 0 fully saturated rings. The molecule has 0 aliphatic heterocycles. The van der Waals surface area contributed by atoms with Crippen molar-refractivity contribution in [2.45, 2.75) is 6.92 Å². The van der Waals surface area contributed by atoms with Crippen molar-refractivity contribution in [1.29, 1.82) is 0 Å². The Balaban J connectivity index is 0. The first kappa shape index (κ1) is 11.0. The van der Waals surface area contributed by atoms with Gasteiger partial charge in [0.2, 0.25) is 0 Å². The van der Waals surface area contributed by atoms with Gasteiger partial charge in [-0.15, -0.1) is 24.0 Å². The molecule has 0 aromatic carbocycles. The predicted octanol–water partition coefficient (Wildman–Crippen LogP) is -0.0262. The first-order chi connectivity index (χ1) is 3.27. The number of halogens is 1. The minimum Gasteiger partial charge on any atom is -0.394 e. The number of aliphatic imine (C=N–C) groups is 1. The Labute approximate surface area is 66.0 Å². The SMILES string of the molecule is CC(N)=NCCO.I. The van der Waals surface area contributed by atoms with Crippen molar-refractivity contribution in [2.24, 2.45) is 10.7 Å². The number of aliphatic hydroxyl groups excluding tert-OH is 1. The van der Waals surface area contributed by atoms with E-state index in [1.807, 2.05) is 0 Å². The van der Waals surface area contributed by atoms with E-state index in [0.717, 1.165) is 0 Å². The molecule has 0 rings (SSSR count). The summed E-state index contributed by atoms with van der Waals surface area (Å²) < 4.78 is 0. The number of hydrogen-bond acceptors (Lipinski definition) is 2. The molecule has 8 heavy (non-hydrogen) atoms. The van der Waals surface area contributed by atoms with Crippen LogP contribution in [-0.4, -0.2) is 24.1 Å². The number of rotatable bonds is 2. The van der Waals surface area contributed by atoms with E-state index in [0.29, 0.717) is 12.4 Å². The Bertz CT molecular complexity index is 70.4. The lowest BCUT2D eigenvalue weighted by Gasteiger charge is -1.86. The minimum absolute atomic E-state index is 0. The van der Waals surface area contributed by atoms with Gasteiger partial charge in [0.15, 0.2) is 0 Å². The molecule has 0 aliphatic carbocycles. The van der Waals surface area contributed by atoms with Gasteiger partial charge in [0.25, 0.3) is 0 Å². The number of nitrogens with two attached hydrogens (primary N) is 1. The number of amidine groups is 1. The summed E-state index contributed by atoms with van der Waals surface area (Å²) in [5, 5.41) is 8.15. The normalized spacial score (nSPS) is 10.5. The fourth-order valence-electron chi connectivity index (χ4n) is 0.226. The molecular weight excluding hydrogens is 219 g/mol. The summed E-state index contributed by atoms with van der Waals surface area (Å²) in [4.78, 5) is 3.69. The number of hydrogen-bond donors (Lipinski definition) is 2. The standard InChI is InChI=1S/C4H10N2O.HI/c1-4(5)6-2-3-7;/h7H,2-3H2,1H3,(H2,5,6);1H.